The Bertz CT molecular complexity index is 508. The maximum absolute atomic E-state index is 14.3. The van der Waals surface area contributed by atoms with Gasteiger partial charge in [0.1, 0.15) is 5.67 Å². The number of hydrogen-bond donors (Lipinski definition) is 1. The highest BCUT2D eigenvalue weighted by atomic mass is 19.1. The van der Waals surface area contributed by atoms with Crippen LogP contribution in [0.4, 0.5) is 4.39 Å². The summed E-state index contributed by atoms with van der Waals surface area (Å²) >= 11 is 0. The zero-order valence-corrected chi connectivity index (χ0v) is 12.9. The number of carbonyl (C=O) groups excluding carboxylic acids is 1. The van der Waals surface area contributed by atoms with Gasteiger partial charge in [0.05, 0.1) is 20.8 Å². The number of alkyl halides is 1. The summed E-state index contributed by atoms with van der Waals surface area (Å²) in [6.07, 6.45) is -1.51. The predicted molar refractivity (Wildman–Crippen MR) is 75.3 cm³/mol. The Morgan fingerprint density at radius 1 is 1.33 bits per heavy atom. The normalized spacial score (nSPS) is 12.7. The van der Waals surface area contributed by atoms with Crippen LogP contribution in [0, 0.1) is 0 Å². The van der Waals surface area contributed by atoms with Crippen molar-refractivity contribution in [1.29, 1.82) is 0 Å². The van der Waals surface area contributed by atoms with Crippen LogP contribution in [0.3, 0.4) is 0 Å². The topological polar surface area (TPSA) is 65.0 Å². The van der Waals surface area contributed by atoms with Gasteiger partial charge in [-0.1, -0.05) is 0 Å². The van der Waals surface area contributed by atoms with Crippen LogP contribution in [0.25, 0.3) is 0 Å². The summed E-state index contributed by atoms with van der Waals surface area (Å²) in [6, 6.07) is 2.80. The molecule has 5 nitrogen and oxygen atoms in total. The van der Waals surface area contributed by atoms with Crippen molar-refractivity contribution >= 4 is 5.97 Å². The summed E-state index contributed by atoms with van der Waals surface area (Å²) in [7, 11) is 2.79. The second-order valence-corrected chi connectivity index (χ2v) is 4.93. The third-order valence-corrected chi connectivity index (χ3v) is 2.97. The van der Waals surface area contributed by atoms with E-state index in [9.17, 15) is 14.3 Å². The van der Waals surface area contributed by atoms with Gasteiger partial charge >= 0.3 is 5.97 Å². The standard InChI is InChI=1S/C15H21FO5/c1-6-21-14(18)12(17)9-7-10(15(2,3)16)13(20-5)11(8-9)19-4/h7-8,12,17H,6H2,1-5H3. The minimum atomic E-state index is -1.73. The van der Waals surface area contributed by atoms with Gasteiger partial charge in [-0.15, -0.1) is 0 Å². The monoisotopic (exact) mass is 300 g/mol. The summed E-state index contributed by atoms with van der Waals surface area (Å²) in [6.45, 7) is 4.48. The lowest BCUT2D eigenvalue weighted by Gasteiger charge is -2.22. The van der Waals surface area contributed by atoms with Gasteiger partial charge in [0.2, 0.25) is 0 Å². The third kappa shape index (κ3) is 3.85. The highest BCUT2D eigenvalue weighted by Crippen LogP contribution is 2.41. The van der Waals surface area contributed by atoms with Crippen LogP contribution in [0.1, 0.15) is 38.0 Å². The first kappa shape index (κ1) is 17.2. The number of ether oxygens (including phenoxy) is 3. The lowest BCUT2D eigenvalue weighted by atomic mass is 9.94. The molecule has 1 aromatic carbocycles. The Hall–Kier alpha value is -1.82. The molecule has 118 valence electrons. The van der Waals surface area contributed by atoms with E-state index in [2.05, 4.69) is 0 Å². The number of methoxy groups -OCH3 is 2. The molecule has 21 heavy (non-hydrogen) atoms. The van der Waals surface area contributed by atoms with Gasteiger partial charge in [-0.25, -0.2) is 9.18 Å². The lowest BCUT2D eigenvalue weighted by Crippen LogP contribution is -2.18. The van der Waals surface area contributed by atoms with Crippen LogP contribution < -0.4 is 9.47 Å². The van der Waals surface area contributed by atoms with E-state index in [1.165, 1.54) is 40.2 Å². The van der Waals surface area contributed by atoms with Crippen LogP contribution in [0.5, 0.6) is 11.5 Å². The third-order valence-electron chi connectivity index (χ3n) is 2.97. The first-order chi connectivity index (χ1) is 9.76. The minimum absolute atomic E-state index is 0.143. The molecule has 0 aliphatic heterocycles. The molecule has 0 fully saturated rings. The molecule has 0 aliphatic rings. The number of esters is 1. The fourth-order valence-electron chi connectivity index (χ4n) is 1.94. The largest absolute Gasteiger partial charge is 0.493 e. The Labute approximate surface area is 123 Å². The van der Waals surface area contributed by atoms with Gasteiger partial charge in [0.25, 0.3) is 0 Å². The molecule has 0 aliphatic carbocycles. The number of halogens is 1. The Morgan fingerprint density at radius 3 is 2.38 bits per heavy atom. The number of rotatable bonds is 6. The predicted octanol–water partition coefficient (Wildman–Crippen LogP) is 2.50. The average Bonchev–Trinajstić information content (AvgIpc) is 2.44. The molecule has 6 heteroatoms. The fourth-order valence-corrected chi connectivity index (χ4v) is 1.94. The highest BCUT2D eigenvalue weighted by Gasteiger charge is 2.29. The van der Waals surface area contributed by atoms with E-state index in [0.717, 1.165) is 0 Å². The van der Waals surface area contributed by atoms with E-state index in [4.69, 9.17) is 14.2 Å². The average molecular weight is 300 g/mol. The van der Waals surface area contributed by atoms with E-state index >= 15 is 0 Å². The minimum Gasteiger partial charge on any atom is -0.493 e. The number of carbonyl (C=O) groups is 1. The molecular weight excluding hydrogens is 279 g/mol. The van der Waals surface area contributed by atoms with E-state index in [1.54, 1.807) is 6.92 Å². The summed E-state index contributed by atoms with van der Waals surface area (Å²) < 4.78 is 29.4. The first-order valence-corrected chi connectivity index (χ1v) is 6.56. The molecule has 0 amide bonds. The Kier molecular flexibility index (Phi) is 5.54. The van der Waals surface area contributed by atoms with Crippen LogP contribution in [-0.2, 0) is 15.2 Å². The SMILES string of the molecule is CCOC(=O)C(O)c1cc(OC)c(OC)c(C(C)(C)F)c1. The zero-order valence-electron chi connectivity index (χ0n) is 12.9. The van der Waals surface area contributed by atoms with Crippen molar-refractivity contribution in [3.63, 3.8) is 0 Å². The number of aliphatic hydroxyl groups is 1. The molecule has 0 heterocycles. The molecule has 1 atom stereocenters. The lowest BCUT2D eigenvalue weighted by molar-refractivity contribution is -0.153. The molecule has 1 N–H and O–H groups in total. The molecule has 0 saturated heterocycles. The quantitative estimate of drug-likeness (QED) is 0.818. The molecular formula is C15H21FO5. The van der Waals surface area contributed by atoms with E-state index in [0.29, 0.717) is 0 Å². The maximum Gasteiger partial charge on any atom is 0.339 e. The van der Waals surface area contributed by atoms with Gasteiger partial charge in [-0.3, -0.25) is 0 Å². The zero-order chi connectivity index (χ0) is 16.2. The number of hydrogen-bond acceptors (Lipinski definition) is 5. The van der Waals surface area contributed by atoms with Gasteiger partial charge in [-0.2, -0.15) is 0 Å². The molecule has 0 spiro atoms. The maximum atomic E-state index is 14.3. The summed E-state index contributed by atoms with van der Waals surface area (Å²) in [4.78, 5) is 11.6. The van der Waals surface area contributed by atoms with Crippen molar-refractivity contribution in [2.45, 2.75) is 32.5 Å². The smallest absolute Gasteiger partial charge is 0.339 e. The van der Waals surface area contributed by atoms with Crippen LogP contribution in [0.2, 0.25) is 0 Å². The summed E-state index contributed by atoms with van der Waals surface area (Å²) in [5.74, 6) is -0.337. The van der Waals surface area contributed by atoms with E-state index < -0.39 is 17.7 Å². The molecule has 0 aromatic heterocycles. The van der Waals surface area contributed by atoms with Crippen LogP contribution in [-0.4, -0.2) is 31.9 Å². The first-order valence-electron chi connectivity index (χ1n) is 6.56. The van der Waals surface area contributed by atoms with Crippen molar-refractivity contribution < 1.29 is 28.5 Å². The molecule has 0 radical (unpaired) electrons. The fraction of sp³-hybridized carbons (Fsp3) is 0.533. The highest BCUT2D eigenvalue weighted by molar-refractivity contribution is 5.77. The van der Waals surface area contributed by atoms with Gasteiger partial charge in [-0.05, 0) is 38.5 Å². The van der Waals surface area contributed by atoms with Crippen molar-refractivity contribution in [3.8, 4) is 11.5 Å². The van der Waals surface area contributed by atoms with Crippen molar-refractivity contribution in [2.24, 2.45) is 0 Å². The second kappa shape index (κ2) is 6.76. The van der Waals surface area contributed by atoms with E-state index in [1.807, 2.05) is 0 Å². The van der Waals surface area contributed by atoms with Crippen molar-refractivity contribution in [3.05, 3.63) is 23.3 Å². The number of benzene rings is 1. The number of aliphatic hydroxyl groups excluding tert-OH is 1. The van der Waals surface area contributed by atoms with Crippen molar-refractivity contribution in [2.75, 3.05) is 20.8 Å². The van der Waals surface area contributed by atoms with Gasteiger partial charge in [0.15, 0.2) is 17.6 Å². The molecule has 0 saturated carbocycles. The molecule has 1 aromatic rings. The molecule has 1 rings (SSSR count). The Balaban J connectivity index is 3.39. The Morgan fingerprint density at radius 2 is 1.95 bits per heavy atom. The summed E-state index contributed by atoms with van der Waals surface area (Å²) in [5.41, 5.74) is -1.36. The molecule has 1 unspecified atom stereocenters. The summed E-state index contributed by atoms with van der Waals surface area (Å²) in [5, 5.41) is 10.0. The molecule has 0 bridgehead atoms. The van der Waals surface area contributed by atoms with E-state index in [-0.39, 0.29) is 29.2 Å². The van der Waals surface area contributed by atoms with Gasteiger partial charge in [0, 0.05) is 5.56 Å². The van der Waals surface area contributed by atoms with Crippen LogP contribution in [0.15, 0.2) is 12.1 Å². The second-order valence-electron chi connectivity index (χ2n) is 4.93. The van der Waals surface area contributed by atoms with Crippen LogP contribution >= 0.6 is 0 Å². The van der Waals surface area contributed by atoms with Crippen molar-refractivity contribution in [1.82, 2.24) is 0 Å². The van der Waals surface area contributed by atoms with Gasteiger partial charge < -0.3 is 19.3 Å².